The van der Waals surface area contributed by atoms with Gasteiger partial charge in [0.2, 0.25) is 0 Å². The fourth-order valence-corrected chi connectivity index (χ4v) is 3.07. The van der Waals surface area contributed by atoms with Crippen LogP contribution in [0.1, 0.15) is 20.3 Å². The topological polar surface area (TPSA) is 58.4 Å². The number of likely N-dealkylation sites (tertiary alicyclic amines) is 1. The van der Waals surface area contributed by atoms with Crippen molar-refractivity contribution < 1.29 is 4.92 Å². The average molecular weight is 342 g/mol. The summed E-state index contributed by atoms with van der Waals surface area (Å²) in [6.07, 6.45) is 0.991. The van der Waals surface area contributed by atoms with Crippen molar-refractivity contribution in [1.82, 2.24) is 4.90 Å². The van der Waals surface area contributed by atoms with Crippen LogP contribution in [0.25, 0.3) is 0 Å². The zero-order chi connectivity index (χ0) is 14.9. The molecule has 2 rings (SSSR count). The van der Waals surface area contributed by atoms with E-state index in [0.717, 1.165) is 17.4 Å². The van der Waals surface area contributed by atoms with Crippen molar-refractivity contribution in [2.45, 2.75) is 32.4 Å². The van der Waals surface area contributed by atoms with Crippen LogP contribution < -0.4 is 5.32 Å². The van der Waals surface area contributed by atoms with Crippen LogP contribution in [-0.4, -0.2) is 35.5 Å². The summed E-state index contributed by atoms with van der Waals surface area (Å²) >= 11 is 3.28. The number of hydrogen-bond acceptors (Lipinski definition) is 4. The average Bonchev–Trinajstić information content (AvgIpc) is 2.37. The van der Waals surface area contributed by atoms with E-state index < -0.39 is 0 Å². The Morgan fingerprint density at radius 3 is 2.80 bits per heavy atom. The van der Waals surface area contributed by atoms with Crippen molar-refractivity contribution >= 4 is 27.3 Å². The predicted molar refractivity (Wildman–Crippen MR) is 84.1 cm³/mol. The van der Waals surface area contributed by atoms with E-state index >= 15 is 0 Å². The number of rotatable bonds is 3. The lowest BCUT2D eigenvalue weighted by atomic mass is 9.89. The summed E-state index contributed by atoms with van der Waals surface area (Å²) in [6, 6.07) is 5.90. The van der Waals surface area contributed by atoms with E-state index in [4.69, 9.17) is 0 Å². The van der Waals surface area contributed by atoms with E-state index in [0.29, 0.717) is 17.6 Å². The number of piperidine rings is 1. The smallest absolute Gasteiger partial charge is 0.293 e. The highest BCUT2D eigenvalue weighted by molar-refractivity contribution is 9.10. The summed E-state index contributed by atoms with van der Waals surface area (Å²) in [6.45, 7) is 5.38. The van der Waals surface area contributed by atoms with Gasteiger partial charge in [-0.05, 0) is 38.4 Å². The molecule has 0 amide bonds. The van der Waals surface area contributed by atoms with Crippen LogP contribution in [0.5, 0.6) is 0 Å². The van der Waals surface area contributed by atoms with Gasteiger partial charge in [-0.15, -0.1) is 0 Å². The number of benzene rings is 1. The quantitative estimate of drug-likeness (QED) is 0.675. The lowest BCUT2D eigenvalue weighted by Gasteiger charge is -2.40. The Labute approximate surface area is 127 Å². The second kappa shape index (κ2) is 6.10. The molecule has 1 saturated heterocycles. The van der Waals surface area contributed by atoms with Crippen LogP contribution in [0, 0.1) is 16.0 Å². The van der Waals surface area contributed by atoms with Crippen molar-refractivity contribution in [2.75, 3.05) is 18.9 Å². The van der Waals surface area contributed by atoms with Crippen molar-refractivity contribution in [1.29, 1.82) is 0 Å². The van der Waals surface area contributed by atoms with Crippen LogP contribution in [0.2, 0.25) is 0 Å². The highest BCUT2D eigenvalue weighted by Gasteiger charge is 2.30. The maximum atomic E-state index is 11.2. The monoisotopic (exact) mass is 341 g/mol. The number of nitro groups is 1. The third-order valence-electron chi connectivity index (χ3n) is 4.11. The second-order valence-corrected chi connectivity index (χ2v) is 6.59. The van der Waals surface area contributed by atoms with E-state index in [-0.39, 0.29) is 16.7 Å². The number of nitro benzene ring substituents is 1. The fourth-order valence-electron chi connectivity index (χ4n) is 2.72. The molecule has 1 aliphatic heterocycles. The van der Waals surface area contributed by atoms with E-state index in [1.54, 1.807) is 12.1 Å². The number of halogens is 1. The Kier molecular flexibility index (Phi) is 4.65. The number of nitrogens with zero attached hydrogens (tertiary/aromatic N) is 2. The second-order valence-electron chi connectivity index (χ2n) is 5.67. The molecule has 1 heterocycles. The van der Waals surface area contributed by atoms with Gasteiger partial charge in [-0.1, -0.05) is 22.9 Å². The van der Waals surface area contributed by atoms with Gasteiger partial charge in [-0.25, -0.2) is 0 Å². The summed E-state index contributed by atoms with van der Waals surface area (Å²) in [7, 11) is 2.12. The lowest BCUT2D eigenvalue weighted by Crippen LogP contribution is -2.48. The van der Waals surface area contributed by atoms with Gasteiger partial charge in [0.15, 0.2) is 0 Å². The van der Waals surface area contributed by atoms with Crippen molar-refractivity contribution in [3.05, 3.63) is 32.8 Å². The normalized spacial score (nSPS) is 27.3. The molecule has 6 heteroatoms. The first-order chi connectivity index (χ1) is 9.38. The van der Waals surface area contributed by atoms with Gasteiger partial charge in [-0.2, -0.15) is 0 Å². The fraction of sp³-hybridized carbons (Fsp3) is 0.571. The zero-order valence-electron chi connectivity index (χ0n) is 12.0. The highest BCUT2D eigenvalue weighted by Crippen LogP contribution is 2.31. The minimum atomic E-state index is -0.337. The molecule has 0 radical (unpaired) electrons. The van der Waals surface area contributed by atoms with E-state index in [1.807, 2.05) is 6.07 Å². The van der Waals surface area contributed by atoms with Gasteiger partial charge in [0.25, 0.3) is 5.69 Å². The molecule has 1 N–H and O–H groups in total. The van der Waals surface area contributed by atoms with Crippen molar-refractivity contribution in [3.63, 3.8) is 0 Å². The molecule has 1 aromatic carbocycles. The van der Waals surface area contributed by atoms with Gasteiger partial charge in [-0.3, -0.25) is 10.1 Å². The molecule has 110 valence electrons. The minimum Gasteiger partial charge on any atom is -0.376 e. The van der Waals surface area contributed by atoms with Crippen LogP contribution in [0.4, 0.5) is 11.4 Å². The molecule has 0 saturated carbocycles. The molecule has 0 aliphatic carbocycles. The third kappa shape index (κ3) is 3.30. The molecule has 1 aliphatic rings. The van der Waals surface area contributed by atoms with Crippen LogP contribution in [0.15, 0.2) is 22.7 Å². The first kappa shape index (κ1) is 15.3. The molecule has 3 atom stereocenters. The molecule has 5 nitrogen and oxygen atoms in total. The largest absolute Gasteiger partial charge is 0.376 e. The van der Waals surface area contributed by atoms with Crippen LogP contribution in [0.3, 0.4) is 0 Å². The van der Waals surface area contributed by atoms with Gasteiger partial charge in [0, 0.05) is 29.2 Å². The maximum Gasteiger partial charge on any atom is 0.293 e. The first-order valence-electron chi connectivity index (χ1n) is 6.79. The number of nitrogens with one attached hydrogen (secondary N) is 1. The first-order valence-corrected chi connectivity index (χ1v) is 7.58. The van der Waals surface area contributed by atoms with Gasteiger partial charge < -0.3 is 10.2 Å². The van der Waals surface area contributed by atoms with E-state index in [2.05, 4.69) is 47.0 Å². The van der Waals surface area contributed by atoms with Gasteiger partial charge in [0.05, 0.1) is 4.92 Å². The standard InChI is InChI=1S/C14H20BrN3O2/c1-9-8-17(3)10(2)6-13(9)16-12-5-4-11(15)7-14(12)18(19)20/h4-5,7,9-10,13,16H,6,8H2,1-3H3. The van der Waals surface area contributed by atoms with Crippen molar-refractivity contribution in [2.24, 2.45) is 5.92 Å². The highest BCUT2D eigenvalue weighted by atomic mass is 79.9. The molecular weight excluding hydrogens is 322 g/mol. The minimum absolute atomic E-state index is 0.123. The third-order valence-corrected chi connectivity index (χ3v) is 4.60. The van der Waals surface area contributed by atoms with Gasteiger partial charge >= 0.3 is 0 Å². The number of hydrogen-bond donors (Lipinski definition) is 1. The molecule has 1 aromatic rings. The summed E-state index contributed by atoms with van der Waals surface area (Å²) < 4.78 is 0.722. The summed E-state index contributed by atoms with van der Waals surface area (Å²) in [5.41, 5.74) is 0.727. The van der Waals surface area contributed by atoms with Crippen LogP contribution in [-0.2, 0) is 0 Å². The lowest BCUT2D eigenvalue weighted by molar-refractivity contribution is -0.384. The van der Waals surface area contributed by atoms with E-state index in [1.165, 1.54) is 0 Å². The summed E-state index contributed by atoms with van der Waals surface area (Å²) in [5, 5.41) is 14.5. The number of anilines is 1. The van der Waals surface area contributed by atoms with E-state index in [9.17, 15) is 10.1 Å². The Morgan fingerprint density at radius 1 is 1.45 bits per heavy atom. The molecular formula is C14H20BrN3O2. The molecule has 1 fully saturated rings. The Morgan fingerprint density at radius 2 is 2.15 bits per heavy atom. The van der Waals surface area contributed by atoms with Gasteiger partial charge in [0.1, 0.15) is 5.69 Å². The Balaban J connectivity index is 2.19. The van der Waals surface area contributed by atoms with Crippen molar-refractivity contribution in [3.8, 4) is 0 Å². The predicted octanol–water partition coefficient (Wildman–Crippen LogP) is 3.50. The Bertz CT molecular complexity index is 509. The molecule has 0 spiro atoms. The maximum absolute atomic E-state index is 11.2. The summed E-state index contributed by atoms with van der Waals surface area (Å²) in [5.74, 6) is 0.458. The molecule has 3 unspecified atom stereocenters. The zero-order valence-corrected chi connectivity index (χ0v) is 13.6. The molecule has 20 heavy (non-hydrogen) atoms. The molecule has 0 bridgehead atoms. The van der Waals surface area contributed by atoms with Crippen LogP contribution >= 0.6 is 15.9 Å². The molecule has 0 aromatic heterocycles. The Hall–Kier alpha value is -1.14. The SMILES string of the molecule is CC1CN(C)C(C)CC1Nc1ccc(Br)cc1[N+](=O)[O-]. The summed E-state index contributed by atoms with van der Waals surface area (Å²) in [4.78, 5) is 13.1.